The average molecular weight is 378 g/mol. The molecule has 3 heterocycles. The molecule has 6 heteroatoms. The van der Waals surface area contributed by atoms with E-state index in [0.29, 0.717) is 5.69 Å². The summed E-state index contributed by atoms with van der Waals surface area (Å²) in [4.78, 5) is 35.9. The second-order valence-corrected chi connectivity index (χ2v) is 7.83. The van der Waals surface area contributed by atoms with Crippen molar-refractivity contribution in [2.45, 2.75) is 64.1 Å². The summed E-state index contributed by atoms with van der Waals surface area (Å²) in [6.07, 6.45) is 7.67. The van der Waals surface area contributed by atoms with Crippen LogP contribution in [0.3, 0.4) is 0 Å². The minimum atomic E-state index is -0.188. The van der Waals surface area contributed by atoms with E-state index in [1.54, 1.807) is 6.20 Å². The number of nitrogens with zero attached hydrogens (tertiary/aromatic N) is 3. The van der Waals surface area contributed by atoms with Gasteiger partial charge in [-0.25, -0.2) is 4.98 Å². The number of hydrogen-bond donors (Lipinski definition) is 1. The molecule has 1 aromatic carbocycles. The van der Waals surface area contributed by atoms with Crippen LogP contribution in [0.25, 0.3) is 0 Å². The van der Waals surface area contributed by atoms with Gasteiger partial charge in [-0.3, -0.25) is 14.6 Å². The van der Waals surface area contributed by atoms with Crippen LogP contribution >= 0.6 is 0 Å². The fourth-order valence-electron chi connectivity index (χ4n) is 4.43. The summed E-state index contributed by atoms with van der Waals surface area (Å²) in [6, 6.07) is 8.38. The fourth-order valence-corrected chi connectivity index (χ4v) is 4.43. The Kier molecular flexibility index (Phi) is 5.11. The second-order valence-electron chi connectivity index (χ2n) is 7.83. The van der Waals surface area contributed by atoms with Gasteiger partial charge in [0, 0.05) is 29.9 Å². The van der Waals surface area contributed by atoms with Crippen molar-refractivity contribution in [2.75, 3.05) is 0 Å². The lowest BCUT2D eigenvalue weighted by Gasteiger charge is -2.39. The van der Waals surface area contributed by atoms with Crippen molar-refractivity contribution in [3.05, 3.63) is 59.2 Å². The highest BCUT2D eigenvalue weighted by Gasteiger charge is 2.43. The molecule has 6 nitrogen and oxygen atoms in total. The molecule has 2 bridgehead atoms. The monoisotopic (exact) mass is 378 g/mol. The topological polar surface area (TPSA) is 75.2 Å². The first-order valence-corrected chi connectivity index (χ1v) is 10.1. The lowest BCUT2D eigenvalue weighted by atomic mass is 9.96. The molecule has 4 rings (SSSR count). The summed E-state index contributed by atoms with van der Waals surface area (Å²) in [7, 11) is 0. The Morgan fingerprint density at radius 2 is 1.75 bits per heavy atom. The molecule has 2 aliphatic heterocycles. The smallest absolute Gasteiger partial charge is 0.271 e. The number of nitrogens with one attached hydrogen (secondary N) is 1. The predicted molar refractivity (Wildman–Crippen MR) is 106 cm³/mol. The van der Waals surface area contributed by atoms with Gasteiger partial charge >= 0.3 is 0 Å². The molecule has 2 unspecified atom stereocenters. The summed E-state index contributed by atoms with van der Waals surface area (Å²) in [6.45, 7) is 3.95. The lowest BCUT2D eigenvalue weighted by molar-refractivity contribution is 0.0549. The maximum atomic E-state index is 13.1. The van der Waals surface area contributed by atoms with Crippen LogP contribution in [0, 0.1) is 6.92 Å². The average Bonchev–Trinajstić information content (AvgIpc) is 2.98. The molecule has 0 aliphatic carbocycles. The molecule has 2 aromatic rings. The SMILES string of the molecule is CCc1ccc(C(=O)N2C3CCC2CC(NC(=O)c2cnc(C)cn2)C3)cc1. The van der Waals surface area contributed by atoms with Crippen molar-refractivity contribution < 1.29 is 9.59 Å². The number of aryl methyl sites for hydroxylation is 2. The van der Waals surface area contributed by atoms with Gasteiger partial charge in [-0.05, 0) is 56.7 Å². The van der Waals surface area contributed by atoms with Crippen molar-refractivity contribution in [3.8, 4) is 0 Å². The molecule has 0 radical (unpaired) electrons. The fraction of sp³-hybridized carbons (Fsp3) is 0.455. The van der Waals surface area contributed by atoms with Crippen LogP contribution in [0.4, 0.5) is 0 Å². The number of carbonyl (C=O) groups excluding carboxylic acids is 2. The zero-order valence-corrected chi connectivity index (χ0v) is 16.4. The molecule has 1 aromatic heterocycles. The van der Waals surface area contributed by atoms with Gasteiger partial charge in [0.2, 0.25) is 0 Å². The van der Waals surface area contributed by atoms with Crippen molar-refractivity contribution in [1.29, 1.82) is 0 Å². The largest absolute Gasteiger partial charge is 0.348 e. The summed E-state index contributed by atoms with van der Waals surface area (Å²) in [5.74, 6) is -0.0730. The maximum absolute atomic E-state index is 13.1. The van der Waals surface area contributed by atoms with Crippen molar-refractivity contribution in [2.24, 2.45) is 0 Å². The zero-order chi connectivity index (χ0) is 19.7. The molecule has 2 saturated heterocycles. The molecule has 2 atom stereocenters. The van der Waals surface area contributed by atoms with E-state index in [9.17, 15) is 9.59 Å². The number of benzene rings is 1. The summed E-state index contributed by atoms with van der Waals surface area (Å²) in [5, 5.41) is 3.09. The van der Waals surface area contributed by atoms with Gasteiger partial charge in [-0.1, -0.05) is 19.1 Å². The summed E-state index contributed by atoms with van der Waals surface area (Å²) >= 11 is 0. The maximum Gasteiger partial charge on any atom is 0.271 e. The van der Waals surface area contributed by atoms with Gasteiger partial charge in [0.25, 0.3) is 11.8 Å². The van der Waals surface area contributed by atoms with Crippen LogP contribution in [0.15, 0.2) is 36.7 Å². The van der Waals surface area contributed by atoms with Crippen LogP contribution in [0.2, 0.25) is 0 Å². The minimum Gasteiger partial charge on any atom is -0.348 e. The van der Waals surface area contributed by atoms with Gasteiger partial charge in [0.05, 0.1) is 11.9 Å². The van der Waals surface area contributed by atoms with Crippen molar-refractivity contribution >= 4 is 11.8 Å². The van der Waals surface area contributed by atoms with E-state index in [1.807, 2.05) is 31.2 Å². The van der Waals surface area contributed by atoms with E-state index in [2.05, 4.69) is 27.1 Å². The van der Waals surface area contributed by atoms with Gasteiger partial charge in [-0.15, -0.1) is 0 Å². The molecule has 146 valence electrons. The second kappa shape index (κ2) is 7.70. The summed E-state index contributed by atoms with van der Waals surface area (Å²) in [5.41, 5.74) is 3.12. The quantitative estimate of drug-likeness (QED) is 0.888. The van der Waals surface area contributed by atoms with Gasteiger partial charge in [0.15, 0.2) is 0 Å². The Morgan fingerprint density at radius 1 is 1.07 bits per heavy atom. The molecule has 2 fully saturated rings. The highest BCUT2D eigenvalue weighted by molar-refractivity contribution is 5.95. The first kappa shape index (κ1) is 18.6. The normalized spacial score (nSPS) is 23.5. The number of hydrogen-bond acceptors (Lipinski definition) is 4. The Labute approximate surface area is 165 Å². The molecular weight excluding hydrogens is 352 g/mol. The van der Waals surface area contributed by atoms with Crippen LogP contribution in [0.1, 0.15) is 64.7 Å². The Hall–Kier alpha value is -2.76. The van der Waals surface area contributed by atoms with Crippen molar-refractivity contribution in [3.63, 3.8) is 0 Å². The van der Waals surface area contributed by atoms with E-state index in [0.717, 1.165) is 43.4 Å². The molecule has 0 saturated carbocycles. The Morgan fingerprint density at radius 3 is 2.32 bits per heavy atom. The molecule has 2 amide bonds. The highest BCUT2D eigenvalue weighted by Crippen LogP contribution is 2.37. The van der Waals surface area contributed by atoms with Crippen LogP contribution < -0.4 is 5.32 Å². The van der Waals surface area contributed by atoms with Gasteiger partial charge in [-0.2, -0.15) is 0 Å². The molecule has 2 aliphatic rings. The van der Waals surface area contributed by atoms with Crippen molar-refractivity contribution in [1.82, 2.24) is 20.2 Å². The number of aromatic nitrogens is 2. The third kappa shape index (κ3) is 3.63. The van der Waals surface area contributed by atoms with Crippen LogP contribution in [0.5, 0.6) is 0 Å². The van der Waals surface area contributed by atoms with Gasteiger partial charge < -0.3 is 10.2 Å². The molecular formula is C22H26N4O2. The number of carbonyl (C=O) groups is 2. The number of fused-ring (bicyclic) bond motifs is 2. The van der Waals surface area contributed by atoms with Crippen LogP contribution in [-0.4, -0.2) is 44.8 Å². The Bertz CT molecular complexity index is 849. The standard InChI is InChI=1S/C22H26N4O2/c1-3-15-4-6-16(7-5-15)22(28)26-18-8-9-19(26)11-17(10-18)25-21(27)20-13-23-14(2)12-24-20/h4-7,12-13,17-19H,3,8-11H2,1-2H3,(H,25,27). The van der Waals surface area contributed by atoms with E-state index >= 15 is 0 Å². The summed E-state index contributed by atoms with van der Waals surface area (Å²) < 4.78 is 0. The third-order valence-electron chi connectivity index (χ3n) is 5.93. The number of piperidine rings is 1. The molecule has 28 heavy (non-hydrogen) atoms. The highest BCUT2D eigenvalue weighted by atomic mass is 16.2. The minimum absolute atomic E-state index is 0.0691. The molecule has 1 N–H and O–H groups in total. The molecule has 0 spiro atoms. The number of amides is 2. The van der Waals surface area contributed by atoms with E-state index < -0.39 is 0 Å². The van der Waals surface area contributed by atoms with E-state index in [1.165, 1.54) is 11.8 Å². The predicted octanol–water partition coefficient (Wildman–Crippen LogP) is 2.91. The van der Waals surface area contributed by atoms with E-state index in [-0.39, 0.29) is 29.9 Å². The first-order valence-electron chi connectivity index (χ1n) is 10.1. The zero-order valence-electron chi connectivity index (χ0n) is 16.4. The lowest BCUT2D eigenvalue weighted by Crippen LogP contribution is -2.52. The van der Waals surface area contributed by atoms with Crippen LogP contribution in [-0.2, 0) is 6.42 Å². The first-order chi connectivity index (χ1) is 13.5. The van der Waals surface area contributed by atoms with Gasteiger partial charge in [0.1, 0.15) is 5.69 Å². The third-order valence-corrected chi connectivity index (χ3v) is 5.93. The van der Waals surface area contributed by atoms with E-state index in [4.69, 9.17) is 0 Å². The number of rotatable bonds is 4. The Balaban J connectivity index is 1.41.